The molecule has 1 atom stereocenters. The zero-order chi connectivity index (χ0) is 33.8. The number of unbranched alkanes of at least 4 members (excludes halogenated alkanes) is 9. The summed E-state index contributed by atoms with van der Waals surface area (Å²) < 4.78 is 10.9. The van der Waals surface area contributed by atoms with Crippen LogP contribution in [-0.4, -0.2) is 54.1 Å². The van der Waals surface area contributed by atoms with Crippen molar-refractivity contribution in [2.24, 2.45) is 0 Å². The summed E-state index contributed by atoms with van der Waals surface area (Å²) in [5.74, 6) is -3.49. The smallest absolute Gasteiger partial charge is 0.338 e. The highest BCUT2D eigenvalue weighted by Crippen LogP contribution is 2.30. The fraction of sp³-hybridized carbons (Fsp3) is 0.395. The van der Waals surface area contributed by atoms with Crippen molar-refractivity contribution in [1.82, 2.24) is 4.90 Å². The Kier molecular flexibility index (Phi) is 12.8. The van der Waals surface area contributed by atoms with E-state index in [1.165, 1.54) is 82.4 Å². The molecule has 47 heavy (non-hydrogen) atoms. The normalized spacial score (nSPS) is 12.9. The molecule has 9 heteroatoms. The number of nitrogens with one attached hydrogen (secondary N) is 1. The van der Waals surface area contributed by atoms with E-state index in [1.807, 2.05) is 0 Å². The largest absolute Gasteiger partial charge is 0.495 e. The van der Waals surface area contributed by atoms with E-state index in [4.69, 9.17) is 9.47 Å². The molecule has 0 aliphatic carbocycles. The maximum atomic E-state index is 14.0. The van der Waals surface area contributed by atoms with E-state index in [-0.39, 0.29) is 40.3 Å². The molecular formula is C38H44N2O7. The number of imide groups is 1. The van der Waals surface area contributed by atoms with Gasteiger partial charge in [-0.3, -0.25) is 24.1 Å². The summed E-state index contributed by atoms with van der Waals surface area (Å²) in [7, 11) is 1.40. The highest BCUT2D eigenvalue weighted by Gasteiger charge is 2.46. The van der Waals surface area contributed by atoms with Crippen molar-refractivity contribution < 1.29 is 33.4 Å². The molecule has 1 aliphatic heterocycles. The highest BCUT2D eigenvalue weighted by atomic mass is 16.5. The van der Waals surface area contributed by atoms with Crippen molar-refractivity contribution in [3.05, 3.63) is 94.5 Å². The van der Waals surface area contributed by atoms with Crippen molar-refractivity contribution >= 4 is 35.2 Å². The summed E-state index contributed by atoms with van der Waals surface area (Å²) in [6, 6.07) is 15.4. The van der Waals surface area contributed by atoms with E-state index in [1.54, 1.807) is 43.3 Å². The van der Waals surface area contributed by atoms with Crippen LogP contribution in [0, 0.1) is 6.92 Å². The zero-order valence-electron chi connectivity index (χ0n) is 27.5. The number of esters is 1. The number of rotatable bonds is 18. The van der Waals surface area contributed by atoms with Gasteiger partial charge in [-0.25, -0.2) is 4.79 Å². The minimum atomic E-state index is -1.82. The second-order valence-electron chi connectivity index (χ2n) is 11.8. The molecule has 248 valence electrons. The van der Waals surface area contributed by atoms with Gasteiger partial charge in [-0.05, 0) is 49.2 Å². The number of carbonyl (C=O) groups excluding carboxylic acids is 5. The van der Waals surface area contributed by atoms with Gasteiger partial charge in [-0.15, -0.1) is 0 Å². The van der Waals surface area contributed by atoms with Crippen LogP contribution in [0.1, 0.15) is 118 Å². The third-order valence-corrected chi connectivity index (χ3v) is 8.41. The predicted octanol–water partition coefficient (Wildman–Crippen LogP) is 7.57. The van der Waals surface area contributed by atoms with Gasteiger partial charge in [-0.2, -0.15) is 0 Å². The Morgan fingerprint density at radius 3 is 1.94 bits per heavy atom. The van der Waals surface area contributed by atoms with Crippen LogP contribution < -0.4 is 10.1 Å². The van der Waals surface area contributed by atoms with Gasteiger partial charge in [0, 0.05) is 5.56 Å². The van der Waals surface area contributed by atoms with Gasteiger partial charge in [0.1, 0.15) is 5.75 Å². The second kappa shape index (κ2) is 17.2. The van der Waals surface area contributed by atoms with E-state index in [0.29, 0.717) is 10.5 Å². The van der Waals surface area contributed by atoms with Crippen LogP contribution in [-0.2, 0) is 9.53 Å². The first-order chi connectivity index (χ1) is 22.8. The first-order valence-corrected chi connectivity index (χ1v) is 16.5. The molecule has 3 amide bonds. The summed E-state index contributed by atoms with van der Waals surface area (Å²) in [5.41, 5.74) is 1.26. The predicted molar refractivity (Wildman–Crippen MR) is 180 cm³/mol. The molecular weight excluding hydrogens is 596 g/mol. The summed E-state index contributed by atoms with van der Waals surface area (Å²) >= 11 is 0. The quantitative estimate of drug-likeness (QED) is 0.0501. The third kappa shape index (κ3) is 8.73. The summed E-state index contributed by atoms with van der Waals surface area (Å²) in [4.78, 5) is 68.3. The number of carbonyl (C=O) groups is 5. The zero-order valence-corrected chi connectivity index (χ0v) is 27.5. The number of amides is 3. The van der Waals surface area contributed by atoms with E-state index in [9.17, 15) is 24.0 Å². The number of fused-ring (bicyclic) bond motifs is 1. The minimum absolute atomic E-state index is 0.0880. The van der Waals surface area contributed by atoms with E-state index >= 15 is 0 Å². The number of hydrogen-bond acceptors (Lipinski definition) is 7. The van der Waals surface area contributed by atoms with Crippen LogP contribution in [0.15, 0.2) is 66.7 Å². The van der Waals surface area contributed by atoms with Crippen molar-refractivity contribution in [2.75, 3.05) is 19.0 Å². The number of ether oxygens (including phenoxy) is 2. The molecule has 1 aliphatic rings. The van der Waals surface area contributed by atoms with Crippen molar-refractivity contribution in [3.63, 3.8) is 0 Å². The molecule has 0 radical (unpaired) electrons. The van der Waals surface area contributed by atoms with E-state index < -0.39 is 35.5 Å². The first-order valence-electron chi connectivity index (χ1n) is 16.5. The Morgan fingerprint density at radius 1 is 0.766 bits per heavy atom. The van der Waals surface area contributed by atoms with Crippen LogP contribution in [0.4, 0.5) is 5.69 Å². The van der Waals surface area contributed by atoms with Crippen LogP contribution in [0.2, 0.25) is 0 Å². The molecule has 0 saturated heterocycles. The Morgan fingerprint density at radius 2 is 1.34 bits per heavy atom. The molecule has 3 aromatic carbocycles. The standard InChI is InChI=1S/C38H44N2O7/c1-4-5-6-7-8-9-10-11-12-17-24-47-38(45)27-22-23-32(46-3)31(25-27)39-35(42)33(34(41)28-19-14-13-18-26(28)2)40-36(43)29-20-15-16-21-30(29)37(40)44/h13-16,18-23,25,33H,4-12,17,24H2,1-3H3,(H,39,42). The molecule has 1 heterocycles. The topological polar surface area (TPSA) is 119 Å². The minimum Gasteiger partial charge on any atom is -0.495 e. The Labute approximate surface area is 276 Å². The summed E-state index contributed by atoms with van der Waals surface area (Å²) in [5, 5.41) is 2.64. The molecule has 4 rings (SSSR count). The van der Waals surface area contributed by atoms with Crippen molar-refractivity contribution in [1.29, 1.82) is 0 Å². The second-order valence-corrected chi connectivity index (χ2v) is 11.8. The van der Waals surface area contributed by atoms with Gasteiger partial charge in [0.15, 0.2) is 11.8 Å². The summed E-state index contributed by atoms with van der Waals surface area (Å²) in [6.45, 7) is 4.20. The van der Waals surface area contributed by atoms with Crippen molar-refractivity contribution in [3.8, 4) is 5.75 Å². The number of anilines is 1. The van der Waals surface area contributed by atoms with E-state index in [2.05, 4.69) is 12.2 Å². The van der Waals surface area contributed by atoms with Gasteiger partial charge < -0.3 is 14.8 Å². The molecule has 1 unspecified atom stereocenters. The lowest BCUT2D eigenvalue weighted by molar-refractivity contribution is -0.118. The maximum absolute atomic E-state index is 14.0. The molecule has 0 spiro atoms. The molecule has 3 aromatic rings. The number of Topliss-reactive ketones (excluding diaryl/α,β-unsaturated/α-hetero) is 1. The lowest BCUT2D eigenvalue weighted by Crippen LogP contribution is -2.52. The Bertz CT molecular complexity index is 1560. The summed E-state index contributed by atoms with van der Waals surface area (Å²) in [6.07, 6.45) is 11.7. The number of benzene rings is 3. The number of methoxy groups -OCH3 is 1. The van der Waals surface area contributed by atoms with Crippen LogP contribution in [0.25, 0.3) is 0 Å². The molecule has 0 saturated carbocycles. The number of aryl methyl sites for hydroxylation is 1. The maximum Gasteiger partial charge on any atom is 0.338 e. The van der Waals surface area contributed by atoms with Gasteiger partial charge >= 0.3 is 5.97 Å². The van der Waals surface area contributed by atoms with Gasteiger partial charge in [0.25, 0.3) is 17.7 Å². The Balaban J connectivity index is 1.45. The van der Waals surface area contributed by atoms with Gasteiger partial charge in [-0.1, -0.05) is 101 Å². The molecule has 1 N–H and O–H groups in total. The van der Waals surface area contributed by atoms with Gasteiger partial charge in [0.2, 0.25) is 0 Å². The van der Waals surface area contributed by atoms with Crippen molar-refractivity contribution in [2.45, 2.75) is 84.1 Å². The monoisotopic (exact) mass is 640 g/mol. The van der Waals surface area contributed by atoms with E-state index in [0.717, 1.165) is 19.3 Å². The lowest BCUT2D eigenvalue weighted by Gasteiger charge is -2.25. The molecule has 0 aromatic heterocycles. The fourth-order valence-corrected chi connectivity index (χ4v) is 5.76. The average molecular weight is 641 g/mol. The Hall–Kier alpha value is -4.79. The molecule has 0 fully saturated rings. The molecule has 9 nitrogen and oxygen atoms in total. The number of ketones is 1. The van der Waals surface area contributed by atoms with Crippen LogP contribution >= 0.6 is 0 Å². The molecule has 0 bridgehead atoms. The third-order valence-electron chi connectivity index (χ3n) is 8.41. The first kappa shape index (κ1) is 35.1. The lowest BCUT2D eigenvalue weighted by atomic mass is 9.97. The average Bonchev–Trinajstić information content (AvgIpc) is 3.32. The fourth-order valence-electron chi connectivity index (χ4n) is 5.76. The van der Waals surface area contributed by atoms with Crippen LogP contribution in [0.3, 0.4) is 0 Å². The number of hydrogen-bond donors (Lipinski definition) is 1. The van der Waals surface area contributed by atoms with Gasteiger partial charge in [0.05, 0.1) is 36.1 Å². The van der Waals surface area contributed by atoms with Crippen LogP contribution in [0.5, 0.6) is 5.75 Å². The highest BCUT2D eigenvalue weighted by molar-refractivity contribution is 6.28. The SMILES string of the molecule is CCCCCCCCCCCCOC(=O)c1ccc(OC)c(NC(=O)C(C(=O)c2ccccc2C)N2C(=O)c3ccccc3C2=O)c1. The number of nitrogens with zero attached hydrogens (tertiary/aromatic N) is 1.